The molecule has 0 bridgehead atoms. The van der Waals surface area contributed by atoms with Crippen LogP contribution in [0, 0.1) is 0 Å². The number of nitrogens with one attached hydrogen (secondary N) is 1. The summed E-state index contributed by atoms with van der Waals surface area (Å²) in [5.41, 5.74) is 3.02. The lowest BCUT2D eigenvalue weighted by Crippen LogP contribution is -2.18. The monoisotopic (exact) mass is 249 g/mol. The molecule has 1 unspecified atom stereocenters. The fraction of sp³-hybridized carbons (Fsp3) is 0.600. The molecule has 0 saturated heterocycles. The molecule has 1 nitrogen and oxygen atoms in total. The first-order valence-corrected chi connectivity index (χ1v) is 8.00. The van der Waals surface area contributed by atoms with Gasteiger partial charge in [0, 0.05) is 6.04 Å². The Bertz CT molecular complexity index is 347. The molecule has 94 valence electrons. The van der Waals surface area contributed by atoms with E-state index in [0.717, 1.165) is 5.92 Å². The molecule has 0 heterocycles. The van der Waals surface area contributed by atoms with E-state index in [1.807, 2.05) is 11.8 Å². The summed E-state index contributed by atoms with van der Waals surface area (Å²) in [6.45, 7) is 0. The van der Waals surface area contributed by atoms with Gasteiger partial charge < -0.3 is 5.32 Å². The Kier molecular flexibility index (Phi) is 4.93. The smallest absolute Gasteiger partial charge is 0.0325 e. The van der Waals surface area contributed by atoms with Crippen LogP contribution in [0.5, 0.6) is 0 Å². The SMILES string of the molecule is CNC(CCSC)c1cccc(C2CCC2)c1. The fourth-order valence-corrected chi connectivity index (χ4v) is 2.96. The third-order valence-electron chi connectivity index (χ3n) is 3.85. The highest BCUT2D eigenvalue weighted by atomic mass is 32.2. The minimum absolute atomic E-state index is 0.516. The molecule has 2 rings (SSSR count). The Balaban J connectivity index is 2.07. The highest BCUT2D eigenvalue weighted by molar-refractivity contribution is 7.98. The second-order valence-corrected chi connectivity index (χ2v) is 5.91. The van der Waals surface area contributed by atoms with Crippen LogP contribution in [0.3, 0.4) is 0 Å². The van der Waals surface area contributed by atoms with Crippen LogP contribution in [-0.4, -0.2) is 19.1 Å². The number of rotatable bonds is 6. The first-order chi connectivity index (χ1) is 8.35. The molecule has 0 radical (unpaired) electrons. The Labute approximate surface area is 109 Å². The number of hydrogen-bond donors (Lipinski definition) is 1. The number of hydrogen-bond acceptors (Lipinski definition) is 2. The van der Waals surface area contributed by atoms with Crippen LogP contribution < -0.4 is 5.32 Å². The van der Waals surface area contributed by atoms with Gasteiger partial charge in [-0.15, -0.1) is 0 Å². The Hall–Kier alpha value is -0.470. The molecular weight excluding hydrogens is 226 g/mol. The van der Waals surface area contributed by atoms with Crippen molar-refractivity contribution in [2.75, 3.05) is 19.1 Å². The third-order valence-corrected chi connectivity index (χ3v) is 4.49. The Morgan fingerprint density at radius 3 is 2.82 bits per heavy atom. The van der Waals surface area contributed by atoms with Crippen molar-refractivity contribution in [2.24, 2.45) is 0 Å². The van der Waals surface area contributed by atoms with Crippen LogP contribution in [0.4, 0.5) is 0 Å². The molecule has 1 fully saturated rings. The maximum absolute atomic E-state index is 3.44. The van der Waals surface area contributed by atoms with Crippen molar-refractivity contribution in [1.82, 2.24) is 5.32 Å². The minimum Gasteiger partial charge on any atom is -0.313 e. The average molecular weight is 249 g/mol. The Morgan fingerprint density at radius 2 is 2.24 bits per heavy atom. The molecule has 2 heteroatoms. The first kappa shape index (κ1) is 13.0. The van der Waals surface area contributed by atoms with E-state index in [4.69, 9.17) is 0 Å². The summed E-state index contributed by atoms with van der Waals surface area (Å²) >= 11 is 1.93. The van der Waals surface area contributed by atoms with Crippen molar-refractivity contribution < 1.29 is 0 Å². The normalized spacial score (nSPS) is 17.8. The van der Waals surface area contributed by atoms with Gasteiger partial charge in [-0.2, -0.15) is 11.8 Å². The molecule has 17 heavy (non-hydrogen) atoms. The van der Waals surface area contributed by atoms with Gasteiger partial charge in [-0.3, -0.25) is 0 Å². The van der Waals surface area contributed by atoms with E-state index in [0.29, 0.717) is 6.04 Å². The largest absolute Gasteiger partial charge is 0.313 e. The summed E-state index contributed by atoms with van der Waals surface area (Å²) in [5, 5.41) is 3.44. The zero-order chi connectivity index (χ0) is 12.1. The maximum Gasteiger partial charge on any atom is 0.0325 e. The summed E-state index contributed by atoms with van der Waals surface area (Å²) in [6.07, 6.45) is 7.58. The van der Waals surface area contributed by atoms with Gasteiger partial charge in [-0.05, 0) is 55.4 Å². The molecule has 0 spiro atoms. The van der Waals surface area contributed by atoms with Gasteiger partial charge in [0.1, 0.15) is 0 Å². The van der Waals surface area contributed by atoms with Gasteiger partial charge in [0.2, 0.25) is 0 Å². The fourth-order valence-electron chi connectivity index (χ4n) is 2.48. The van der Waals surface area contributed by atoms with Gasteiger partial charge in [0.05, 0.1) is 0 Å². The first-order valence-electron chi connectivity index (χ1n) is 6.61. The second-order valence-electron chi connectivity index (χ2n) is 4.92. The van der Waals surface area contributed by atoms with E-state index >= 15 is 0 Å². The standard InChI is InChI=1S/C15H23NS/c1-16-15(9-10-17-2)14-8-4-7-13(11-14)12-5-3-6-12/h4,7-8,11-12,15-16H,3,5-6,9-10H2,1-2H3. The van der Waals surface area contributed by atoms with Crippen LogP contribution >= 0.6 is 11.8 Å². The average Bonchev–Trinajstić information content (AvgIpc) is 2.28. The molecule has 1 aliphatic carbocycles. The van der Waals surface area contributed by atoms with Crippen LogP contribution in [0.1, 0.15) is 48.8 Å². The van der Waals surface area contributed by atoms with E-state index < -0.39 is 0 Å². The topological polar surface area (TPSA) is 12.0 Å². The van der Waals surface area contributed by atoms with Gasteiger partial charge in [0.15, 0.2) is 0 Å². The van der Waals surface area contributed by atoms with E-state index in [9.17, 15) is 0 Å². The van der Waals surface area contributed by atoms with E-state index in [-0.39, 0.29) is 0 Å². The highest BCUT2D eigenvalue weighted by Crippen LogP contribution is 2.37. The molecule has 1 aromatic rings. The van der Waals surface area contributed by atoms with Crippen molar-refractivity contribution >= 4 is 11.8 Å². The number of benzene rings is 1. The van der Waals surface area contributed by atoms with Gasteiger partial charge in [0.25, 0.3) is 0 Å². The van der Waals surface area contributed by atoms with Crippen molar-refractivity contribution in [3.8, 4) is 0 Å². The predicted octanol–water partition coefficient (Wildman–Crippen LogP) is 3.97. The van der Waals surface area contributed by atoms with Crippen LogP contribution in [-0.2, 0) is 0 Å². The predicted molar refractivity (Wildman–Crippen MR) is 77.8 cm³/mol. The molecular formula is C15H23NS. The zero-order valence-electron chi connectivity index (χ0n) is 10.9. The molecule has 0 aromatic heterocycles. The van der Waals surface area contributed by atoms with Crippen LogP contribution in [0.2, 0.25) is 0 Å². The van der Waals surface area contributed by atoms with Gasteiger partial charge in [-0.1, -0.05) is 30.7 Å². The highest BCUT2D eigenvalue weighted by Gasteiger charge is 2.20. The number of thioether (sulfide) groups is 1. The zero-order valence-corrected chi connectivity index (χ0v) is 11.7. The summed E-state index contributed by atoms with van der Waals surface area (Å²) in [6, 6.07) is 9.73. The molecule has 1 N–H and O–H groups in total. The Morgan fingerprint density at radius 1 is 1.41 bits per heavy atom. The molecule has 0 aliphatic heterocycles. The van der Waals surface area contributed by atoms with Gasteiger partial charge >= 0.3 is 0 Å². The molecule has 0 amide bonds. The van der Waals surface area contributed by atoms with Crippen molar-refractivity contribution in [2.45, 2.75) is 37.6 Å². The van der Waals surface area contributed by atoms with Crippen molar-refractivity contribution in [3.05, 3.63) is 35.4 Å². The molecule has 1 saturated carbocycles. The van der Waals surface area contributed by atoms with Gasteiger partial charge in [-0.25, -0.2) is 0 Å². The molecule has 1 atom stereocenters. The maximum atomic E-state index is 3.44. The molecule has 1 aliphatic rings. The quantitative estimate of drug-likeness (QED) is 0.819. The lowest BCUT2D eigenvalue weighted by atomic mass is 9.79. The third kappa shape index (κ3) is 3.26. The lowest BCUT2D eigenvalue weighted by molar-refractivity contribution is 0.419. The van der Waals surface area contributed by atoms with Crippen LogP contribution in [0.15, 0.2) is 24.3 Å². The summed E-state index contributed by atoms with van der Waals surface area (Å²) in [5.74, 6) is 2.06. The molecule has 1 aromatic carbocycles. The second kappa shape index (κ2) is 6.46. The summed E-state index contributed by atoms with van der Waals surface area (Å²) < 4.78 is 0. The van der Waals surface area contributed by atoms with Crippen molar-refractivity contribution in [1.29, 1.82) is 0 Å². The van der Waals surface area contributed by atoms with E-state index in [1.54, 1.807) is 5.56 Å². The van der Waals surface area contributed by atoms with Crippen LogP contribution in [0.25, 0.3) is 0 Å². The summed E-state index contributed by atoms with van der Waals surface area (Å²) in [7, 11) is 2.07. The minimum atomic E-state index is 0.516. The summed E-state index contributed by atoms with van der Waals surface area (Å²) in [4.78, 5) is 0. The van der Waals surface area contributed by atoms with E-state index in [2.05, 4.69) is 42.9 Å². The lowest BCUT2D eigenvalue weighted by Gasteiger charge is -2.27. The van der Waals surface area contributed by atoms with E-state index in [1.165, 1.54) is 37.0 Å². The van der Waals surface area contributed by atoms with Crippen molar-refractivity contribution in [3.63, 3.8) is 0 Å².